The molecule has 0 aromatic heterocycles. The van der Waals surface area contributed by atoms with Crippen LogP contribution in [-0.4, -0.2) is 55.7 Å². The van der Waals surface area contributed by atoms with E-state index in [9.17, 15) is 5.11 Å². The molecule has 1 saturated heterocycles. The maximum Gasteiger partial charge on any atom is 0.0822 e. The van der Waals surface area contributed by atoms with Crippen LogP contribution in [0.25, 0.3) is 0 Å². The van der Waals surface area contributed by atoms with Crippen LogP contribution in [-0.2, 0) is 5.11 Å². The second-order valence-corrected chi connectivity index (χ2v) is 3.69. The lowest BCUT2D eigenvalue weighted by atomic mass is 10.2. The first-order valence-corrected chi connectivity index (χ1v) is 5.39. The van der Waals surface area contributed by atoms with Crippen molar-refractivity contribution in [3.63, 3.8) is 0 Å². The minimum atomic E-state index is 0.0922. The van der Waals surface area contributed by atoms with E-state index < -0.39 is 0 Å². The van der Waals surface area contributed by atoms with Crippen LogP contribution in [0.5, 0.6) is 0 Å². The maximum absolute atomic E-state index is 10.2. The Balaban J connectivity index is 2.03. The maximum atomic E-state index is 10.2. The minimum absolute atomic E-state index is 0.0922. The summed E-state index contributed by atoms with van der Waals surface area (Å²) in [7, 11) is 0. The van der Waals surface area contributed by atoms with Gasteiger partial charge < -0.3 is 9.80 Å². The van der Waals surface area contributed by atoms with Crippen molar-refractivity contribution in [2.75, 3.05) is 45.9 Å². The summed E-state index contributed by atoms with van der Waals surface area (Å²) in [4.78, 5) is 4.95. The van der Waals surface area contributed by atoms with Gasteiger partial charge in [0.2, 0.25) is 0 Å². The van der Waals surface area contributed by atoms with E-state index in [-0.39, 0.29) is 6.61 Å². The highest BCUT2D eigenvalue weighted by molar-refractivity contribution is 4.70. The molecule has 13 heavy (non-hydrogen) atoms. The molecule has 1 fully saturated rings. The second-order valence-electron chi connectivity index (χ2n) is 3.69. The average molecular weight is 185 g/mol. The van der Waals surface area contributed by atoms with E-state index in [0.717, 1.165) is 19.4 Å². The van der Waals surface area contributed by atoms with Crippen molar-refractivity contribution in [3.05, 3.63) is 0 Å². The molecule has 1 heterocycles. The normalized spacial score (nSPS) is 20.8. The van der Waals surface area contributed by atoms with E-state index in [1.165, 1.54) is 32.7 Å². The second kappa shape index (κ2) is 6.35. The van der Waals surface area contributed by atoms with Gasteiger partial charge in [-0.2, -0.15) is 0 Å². The molecule has 1 radical (unpaired) electrons. The number of unbranched alkanes of at least 4 members (excludes halogenated alkanes) is 1. The smallest absolute Gasteiger partial charge is 0.0822 e. The van der Waals surface area contributed by atoms with Gasteiger partial charge in [-0.3, -0.25) is 0 Å². The summed E-state index contributed by atoms with van der Waals surface area (Å²) in [6.07, 6.45) is 1.92. The molecule has 77 valence electrons. The van der Waals surface area contributed by atoms with Gasteiger partial charge in [-0.25, -0.2) is 5.11 Å². The summed E-state index contributed by atoms with van der Waals surface area (Å²) in [5.74, 6) is 0. The number of hydrogen-bond acceptors (Lipinski definition) is 2. The summed E-state index contributed by atoms with van der Waals surface area (Å²) >= 11 is 0. The van der Waals surface area contributed by atoms with Crippen LogP contribution < -0.4 is 0 Å². The predicted octanol–water partition coefficient (Wildman–Crippen LogP) is 0.835. The van der Waals surface area contributed by atoms with E-state index in [0.29, 0.717) is 0 Å². The fraction of sp³-hybridized carbons (Fsp3) is 1.00. The number of hydrogen-bond donors (Lipinski definition) is 0. The highest BCUT2D eigenvalue weighted by Crippen LogP contribution is 2.02. The first kappa shape index (κ1) is 11.0. The molecule has 0 aliphatic carbocycles. The van der Waals surface area contributed by atoms with E-state index in [1.807, 2.05) is 0 Å². The van der Waals surface area contributed by atoms with Crippen LogP contribution in [0.15, 0.2) is 0 Å². The molecule has 1 rings (SSSR count). The molecule has 1 aliphatic heterocycles. The molecule has 0 N–H and O–H groups in total. The van der Waals surface area contributed by atoms with Gasteiger partial charge in [0.25, 0.3) is 0 Å². The van der Waals surface area contributed by atoms with Crippen LogP contribution in [0.2, 0.25) is 0 Å². The van der Waals surface area contributed by atoms with Gasteiger partial charge >= 0.3 is 0 Å². The van der Waals surface area contributed by atoms with E-state index in [4.69, 9.17) is 0 Å². The molecule has 0 bridgehead atoms. The standard InChI is InChI=1S/C10H21N2O/c1-2-11-6-8-12(9-7-11)5-3-4-10-13/h2-10H2,1H3. The summed E-state index contributed by atoms with van der Waals surface area (Å²) in [5, 5.41) is 10.2. The zero-order chi connectivity index (χ0) is 9.52. The number of likely N-dealkylation sites (N-methyl/N-ethyl adjacent to an activating group) is 1. The van der Waals surface area contributed by atoms with Crippen LogP contribution >= 0.6 is 0 Å². The van der Waals surface area contributed by atoms with Crippen molar-refractivity contribution < 1.29 is 5.11 Å². The van der Waals surface area contributed by atoms with Crippen LogP contribution in [0.3, 0.4) is 0 Å². The Bertz CT molecular complexity index is 119. The number of nitrogens with zero attached hydrogens (tertiary/aromatic N) is 2. The zero-order valence-electron chi connectivity index (χ0n) is 8.67. The quantitative estimate of drug-likeness (QED) is 0.593. The average Bonchev–Trinajstić information content (AvgIpc) is 2.19. The van der Waals surface area contributed by atoms with Gasteiger partial charge in [-0.1, -0.05) is 6.92 Å². The first-order chi connectivity index (χ1) is 6.36. The molecule has 3 nitrogen and oxygen atoms in total. The fourth-order valence-corrected chi connectivity index (χ4v) is 1.77. The molecule has 0 amide bonds. The van der Waals surface area contributed by atoms with E-state index in [2.05, 4.69) is 16.7 Å². The Labute approximate surface area is 81.3 Å². The van der Waals surface area contributed by atoms with Crippen LogP contribution in [0.1, 0.15) is 19.8 Å². The molecular weight excluding hydrogens is 164 g/mol. The van der Waals surface area contributed by atoms with E-state index >= 15 is 0 Å². The van der Waals surface area contributed by atoms with Crippen LogP contribution in [0, 0.1) is 0 Å². The van der Waals surface area contributed by atoms with Gasteiger partial charge in [0.15, 0.2) is 0 Å². The molecule has 1 aliphatic rings. The van der Waals surface area contributed by atoms with Crippen LogP contribution in [0.4, 0.5) is 0 Å². The fourth-order valence-electron chi connectivity index (χ4n) is 1.77. The SMILES string of the molecule is CCN1CCN(CCCC[O])CC1. The minimum Gasteiger partial charge on any atom is -0.301 e. The lowest BCUT2D eigenvalue weighted by molar-refractivity contribution is 0.128. The molecule has 0 aromatic carbocycles. The van der Waals surface area contributed by atoms with E-state index in [1.54, 1.807) is 0 Å². The number of rotatable bonds is 5. The van der Waals surface area contributed by atoms with Crippen molar-refractivity contribution in [2.45, 2.75) is 19.8 Å². The van der Waals surface area contributed by atoms with Gasteiger partial charge in [0.05, 0.1) is 6.61 Å². The third kappa shape index (κ3) is 4.07. The Morgan fingerprint density at radius 2 is 1.62 bits per heavy atom. The van der Waals surface area contributed by atoms with Gasteiger partial charge in [-0.15, -0.1) is 0 Å². The summed E-state index contributed by atoms with van der Waals surface area (Å²) < 4.78 is 0. The van der Waals surface area contributed by atoms with Gasteiger partial charge in [0, 0.05) is 26.2 Å². The lowest BCUT2D eigenvalue weighted by Gasteiger charge is -2.33. The molecule has 0 atom stereocenters. The van der Waals surface area contributed by atoms with Crippen molar-refractivity contribution >= 4 is 0 Å². The summed E-state index contributed by atoms with van der Waals surface area (Å²) in [6.45, 7) is 9.39. The Morgan fingerprint density at radius 1 is 1.00 bits per heavy atom. The van der Waals surface area contributed by atoms with Crippen molar-refractivity contribution in [1.82, 2.24) is 9.80 Å². The molecule has 0 spiro atoms. The van der Waals surface area contributed by atoms with Crippen molar-refractivity contribution in [1.29, 1.82) is 0 Å². The molecule has 3 heteroatoms. The third-order valence-corrected chi connectivity index (χ3v) is 2.78. The van der Waals surface area contributed by atoms with Crippen molar-refractivity contribution in [2.24, 2.45) is 0 Å². The topological polar surface area (TPSA) is 26.4 Å². The summed E-state index contributed by atoms with van der Waals surface area (Å²) in [5.41, 5.74) is 0. The predicted molar refractivity (Wildman–Crippen MR) is 53.3 cm³/mol. The highest BCUT2D eigenvalue weighted by Gasteiger charge is 2.14. The Hall–Kier alpha value is -0.120. The Morgan fingerprint density at radius 3 is 2.15 bits per heavy atom. The first-order valence-electron chi connectivity index (χ1n) is 5.39. The van der Waals surface area contributed by atoms with Gasteiger partial charge in [-0.05, 0) is 25.9 Å². The largest absolute Gasteiger partial charge is 0.301 e. The zero-order valence-corrected chi connectivity index (χ0v) is 8.67. The molecular formula is C10H21N2O. The highest BCUT2D eigenvalue weighted by atomic mass is 16.2. The van der Waals surface area contributed by atoms with Crippen molar-refractivity contribution in [3.8, 4) is 0 Å². The molecule has 0 unspecified atom stereocenters. The third-order valence-electron chi connectivity index (χ3n) is 2.78. The molecule has 0 saturated carbocycles. The number of piperazine rings is 1. The summed E-state index contributed by atoms with van der Waals surface area (Å²) in [6, 6.07) is 0. The monoisotopic (exact) mass is 185 g/mol. The molecule has 0 aromatic rings. The van der Waals surface area contributed by atoms with Gasteiger partial charge in [0.1, 0.15) is 0 Å². The lowest BCUT2D eigenvalue weighted by Crippen LogP contribution is -2.46. The Kier molecular flexibility index (Phi) is 5.35.